The van der Waals surface area contributed by atoms with E-state index in [-0.39, 0.29) is 12.6 Å². The van der Waals surface area contributed by atoms with E-state index in [0.29, 0.717) is 25.2 Å². The number of H-pyrrole nitrogens is 1. The van der Waals surface area contributed by atoms with Crippen LogP contribution in [0.2, 0.25) is 0 Å². The van der Waals surface area contributed by atoms with Gasteiger partial charge in [0.05, 0.1) is 6.61 Å². The van der Waals surface area contributed by atoms with E-state index in [1.165, 1.54) is 10.8 Å². The van der Waals surface area contributed by atoms with E-state index in [4.69, 9.17) is 18.7 Å². The van der Waals surface area contributed by atoms with Crippen molar-refractivity contribution in [3.8, 4) is 0 Å². The van der Waals surface area contributed by atoms with Gasteiger partial charge in [0.15, 0.2) is 0 Å². The molecule has 0 saturated carbocycles. The third-order valence-corrected chi connectivity index (χ3v) is 6.47. The fraction of sp³-hybridized carbons (Fsp3) is 0.765. The van der Waals surface area contributed by atoms with Gasteiger partial charge in [-0.2, -0.15) is 0 Å². The highest BCUT2D eigenvalue weighted by Gasteiger charge is 2.59. The summed E-state index contributed by atoms with van der Waals surface area (Å²) in [4.78, 5) is 36.3. The normalized spacial score (nSPS) is 32.5. The van der Waals surface area contributed by atoms with Crippen LogP contribution in [0, 0.1) is 6.92 Å². The third-order valence-electron chi connectivity index (χ3n) is 5.09. The van der Waals surface area contributed by atoms with Crippen molar-refractivity contribution in [3.63, 3.8) is 0 Å². The lowest BCUT2D eigenvalue weighted by Crippen LogP contribution is -2.56. The van der Waals surface area contributed by atoms with Crippen molar-refractivity contribution in [3.05, 3.63) is 32.6 Å². The molecule has 11 heteroatoms. The minimum atomic E-state index is -3.87. The van der Waals surface area contributed by atoms with E-state index in [9.17, 15) is 19.0 Å². The highest BCUT2D eigenvalue weighted by atomic mass is 31.2. The lowest BCUT2D eigenvalue weighted by Gasteiger charge is -2.43. The van der Waals surface area contributed by atoms with Crippen LogP contribution in [0.15, 0.2) is 15.8 Å². The predicted molar refractivity (Wildman–Crippen MR) is 99.4 cm³/mol. The van der Waals surface area contributed by atoms with Crippen LogP contribution in [0.1, 0.15) is 44.9 Å². The first-order chi connectivity index (χ1) is 13.2. The molecule has 2 fully saturated rings. The summed E-state index contributed by atoms with van der Waals surface area (Å²) >= 11 is 0. The minimum absolute atomic E-state index is 0.0682. The van der Waals surface area contributed by atoms with Crippen LogP contribution in [0.5, 0.6) is 0 Å². The summed E-state index contributed by atoms with van der Waals surface area (Å²) < 4.78 is 37.0. The van der Waals surface area contributed by atoms with Gasteiger partial charge in [-0.1, -0.05) is 6.92 Å². The number of ether oxygens (including phenoxy) is 3. The van der Waals surface area contributed by atoms with Crippen LogP contribution >= 0.6 is 7.60 Å². The van der Waals surface area contributed by atoms with Gasteiger partial charge >= 0.3 is 13.3 Å². The highest BCUT2D eigenvalue weighted by Crippen LogP contribution is 2.52. The number of nitrogens with one attached hydrogen (secondary N) is 1. The lowest BCUT2D eigenvalue weighted by molar-refractivity contribution is -0.327. The summed E-state index contributed by atoms with van der Waals surface area (Å²) in [5.41, 5.74) is -0.773. The van der Waals surface area contributed by atoms with Crippen molar-refractivity contribution in [2.75, 3.05) is 19.4 Å². The molecule has 0 aromatic carbocycles. The van der Waals surface area contributed by atoms with Crippen LogP contribution in [0.3, 0.4) is 0 Å². The van der Waals surface area contributed by atoms with Crippen molar-refractivity contribution in [2.24, 2.45) is 0 Å². The topological polar surface area (TPSA) is 129 Å². The molecule has 2 aliphatic rings. The molecule has 10 nitrogen and oxygen atoms in total. The summed E-state index contributed by atoms with van der Waals surface area (Å²) in [5.74, 6) is -1.41. The largest absolute Gasteiger partial charge is 0.373 e. The van der Waals surface area contributed by atoms with Crippen LogP contribution in [0.25, 0.3) is 0 Å². The number of hydrogen-bond acceptors (Lipinski definition) is 7. The molecule has 0 radical (unpaired) electrons. The first-order valence-corrected chi connectivity index (χ1v) is 11.2. The molecule has 1 aromatic rings. The van der Waals surface area contributed by atoms with Crippen LogP contribution < -0.4 is 11.2 Å². The molecule has 0 aliphatic carbocycles. The monoisotopic (exact) mass is 418 g/mol. The molecule has 2 saturated heterocycles. The van der Waals surface area contributed by atoms with Gasteiger partial charge in [0.1, 0.15) is 18.4 Å². The third kappa shape index (κ3) is 4.03. The van der Waals surface area contributed by atoms with Gasteiger partial charge in [-0.3, -0.25) is 23.4 Å². The molecular formula is C17H27N2O8P. The molecule has 0 bridgehead atoms. The molecule has 2 aliphatic heterocycles. The van der Waals surface area contributed by atoms with Crippen molar-refractivity contribution in [1.29, 1.82) is 0 Å². The second-order valence-corrected chi connectivity index (χ2v) is 9.11. The second kappa shape index (κ2) is 8.22. The van der Waals surface area contributed by atoms with Crippen molar-refractivity contribution >= 4 is 7.60 Å². The van der Waals surface area contributed by atoms with Gasteiger partial charge < -0.3 is 19.1 Å². The Balaban J connectivity index is 2.01. The standard InChI is InChI=1S/C17H27N2O8P/c1-4-24-12-7-6-8-25-17(12)13(27-28(22,23)5-2)9-14(26-17)19-10-11(3)15(20)18-16(19)21/h10,12-14H,4-9H2,1-3H3,(H,22,23)(H,18,20,21)/t12-,13?,14+,17+/m0/s1. The summed E-state index contributed by atoms with van der Waals surface area (Å²) in [6, 6.07) is 0. The molecule has 158 valence electrons. The minimum Gasteiger partial charge on any atom is -0.373 e. The molecule has 2 N–H and O–H groups in total. The van der Waals surface area contributed by atoms with Gasteiger partial charge in [-0.15, -0.1) is 0 Å². The van der Waals surface area contributed by atoms with Crippen LogP contribution in [0.4, 0.5) is 0 Å². The van der Waals surface area contributed by atoms with Crippen molar-refractivity contribution < 1.29 is 28.2 Å². The van der Waals surface area contributed by atoms with Crippen molar-refractivity contribution in [2.45, 2.75) is 64.3 Å². The number of hydrogen-bond donors (Lipinski definition) is 2. The molecule has 3 heterocycles. The molecule has 5 atom stereocenters. The maximum atomic E-state index is 12.3. The molecule has 0 amide bonds. The van der Waals surface area contributed by atoms with Crippen LogP contribution in [-0.2, 0) is 23.3 Å². The van der Waals surface area contributed by atoms with Gasteiger partial charge in [-0.05, 0) is 26.7 Å². The van der Waals surface area contributed by atoms with Gasteiger partial charge in [0, 0.05) is 30.9 Å². The average Bonchev–Trinajstić information content (AvgIpc) is 2.98. The molecule has 1 aromatic heterocycles. The van der Waals surface area contributed by atoms with E-state index < -0.39 is 43.1 Å². The zero-order valence-electron chi connectivity index (χ0n) is 16.3. The SMILES string of the molecule is CCO[C@H]1CCCO[C@@]12O[C@@H](n1cc(C)c(=O)[nH]c1=O)CC2OP(=O)(O)CC. The fourth-order valence-electron chi connectivity index (χ4n) is 3.65. The van der Waals surface area contributed by atoms with E-state index in [0.717, 1.165) is 6.42 Å². The summed E-state index contributed by atoms with van der Waals surface area (Å²) in [7, 11) is -3.87. The number of aromatic amines is 1. The number of aromatic nitrogens is 2. The summed E-state index contributed by atoms with van der Waals surface area (Å²) in [5, 5.41) is 0. The smallest absolute Gasteiger partial charge is 0.330 e. The predicted octanol–water partition coefficient (Wildman–Crippen LogP) is 1.27. The van der Waals surface area contributed by atoms with E-state index in [1.54, 1.807) is 13.8 Å². The zero-order chi connectivity index (χ0) is 20.5. The maximum absolute atomic E-state index is 12.3. The van der Waals surface area contributed by atoms with E-state index in [2.05, 4.69) is 4.98 Å². The Morgan fingerprint density at radius 1 is 1.39 bits per heavy atom. The quantitative estimate of drug-likeness (QED) is 0.661. The maximum Gasteiger partial charge on any atom is 0.330 e. The average molecular weight is 418 g/mol. The molecule has 1 spiro atoms. The number of rotatable bonds is 6. The summed E-state index contributed by atoms with van der Waals surface area (Å²) in [6.45, 7) is 5.74. The fourth-order valence-corrected chi connectivity index (χ4v) is 4.43. The first-order valence-electron chi connectivity index (χ1n) is 9.48. The van der Waals surface area contributed by atoms with Gasteiger partial charge in [0.25, 0.3) is 5.56 Å². The Morgan fingerprint density at radius 2 is 2.14 bits per heavy atom. The van der Waals surface area contributed by atoms with Crippen molar-refractivity contribution in [1.82, 2.24) is 9.55 Å². The van der Waals surface area contributed by atoms with Gasteiger partial charge in [-0.25, -0.2) is 4.79 Å². The van der Waals surface area contributed by atoms with Crippen LogP contribution in [-0.4, -0.2) is 51.8 Å². The molecular weight excluding hydrogens is 391 g/mol. The Bertz CT molecular complexity index is 865. The van der Waals surface area contributed by atoms with E-state index >= 15 is 0 Å². The highest BCUT2D eigenvalue weighted by molar-refractivity contribution is 7.52. The Kier molecular flexibility index (Phi) is 6.29. The Labute approximate surface area is 162 Å². The first kappa shape index (κ1) is 21.4. The Morgan fingerprint density at radius 3 is 2.82 bits per heavy atom. The summed E-state index contributed by atoms with van der Waals surface area (Å²) in [6.07, 6.45) is 0.532. The molecule has 28 heavy (non-hydrogen) atoms. The Hall–Kier alpha value is -1.29. The molecule has 2 unspecified atom stereocenters. The van der Waals surface area contributed by atoms with E-state index in [1.807, 2.05) is 6.92 Å². The lowest BCUT2D eigenvalue weighted by atomic mass is 9.96. The molecule has 3 rings (SSSR count). The van der Waals surface area contributed by atoms with Gasteiger partial charge in [0.2, 0.25) is 5.79 Å². The number of aryl methyl sites for hydroxylation is 1. The zero-order valence-corrected chi connectivity index (χ0v) is 17.1. The second-order valence-electron chi connectivity index (χ2n) is 6.99. The number of nitrogens with zero attached hydrogens (tertiary/aromatic N) is 1.